The van der Waals surface area contributed by atoms with Crippen molar-refractivity contribution in [2.75, 3.05) is 5.32 Å². The molecule has 6 nitrogen and oxygen atoms in total. The lowest BCUT2D eigenvalue weighted by Gasteiger charge is -2.15. The molecule has 160 valence electrons. The predicted octanol–water partition coefficient (Wildman–Crippen LogP) is 5.35. The lowest BCUT2D eigenvalue weighted by atomic mass is 10.1. The number of Topliss-reactive ketones (excluding diaryl/α,β-unsaturated/α-hetero) is 1. The van der Waals surface area contributed by atoms with Crippen LogP contribution < -0.4 is 5.32 Å². The van der Waals surface area contributed by atoms with Gasteiger partial charge in [-0.05, 0) is 61.7 Å². The summed E-state index contributed by atoms with van der Waals surface area (Å²) in [5.74, 6) is -1.13. The van der Waals surface area contributed by atoms with Gasteiger partial charge in [0.1, 0.15) is 0 Å². The maximum absolute atomic E-state index is 13.0. The van der Waals surface area contributed by atoms with Crippen LogP contribution in [0.2, 0.25) is 0 Å². The van der Waals surface area contributed by atoms with E-state index in [2.05, 4.69) is 10.3 Å². The second kappa shape index (κ2) is 9.11. The molecule has 1 N–H and O–H groups in total. The Morgan fingerprint density at radius 2 is 1.75 bits per heavy atom. The third-order valence-electron chi connectivity index (χ3n) is 4.92. The fourth-order valence-electron chi connectivity index (χ4n) is 3.20. The molecule has 0 aliphatic heterocycles. The van der Waals surface area contributed by atoms with Crippen LogP contribution in [0.3, 0.4) is 0 Å². The first-order valence-corrected chi connectivity index (χ1v) is 10.9. The first kappa shape index (κ1) is 21.4. The van der Waals surface area contributed by atoms with Crippen molar-refractivity contribution in [1.29, 1.82) is 0 Å². The molecule has 0 bridgehead atoms. The van der Waals surface area contributed by atoms with Crippen LogP contribution in [0, 0.1) is 0 Å². The van der Waals surface area contributed by atoms with Gasteiger partial charge >= 0.3 is 5.97 Å². The van der Waals surface area contributed by atoms with Gasteiger partial charge in [0, 0.05) is 16.6 Å². The molecule has 2 aromatic heterocycles. The number of nitrogens with zero attached hydrogens (tertiary/aromatic N) is 1. The second-order valence-electron chi connectivity index (χ2n) is 7.22. The third kappa shape index (κ3) is 4.58. The Balaban J connectivity index is 1.54. The highest BCUT2D eigenvalue weighted by atomic mass is 32.1. The van der Waals surface area contributed by atoms with Gasteiger partial charge < -0.3 is 10.1 Å². The number of ether oxygens (including phenoxy) is 1. The van der Waals surface area contributed by atoms with Crippen molar-refractivity contribution in [3.8, 4) is 10.6 Å². The molecule has 2 heterocycles. The Morgan fingerprint density at radius 1 is 1.00 bits per heavy atom. The minimum Gasteiger partial charge on any atom is -0.449 e. The van der Waals surface area contributed by atoms with Gasteiger partial charge in [-0.1, -0.05) is 24.3 Å². The van der Waals surface area contributed by atoms with Crippen LogP contribution in [0.5, 0.6) is 0 Å². The molecule has 0 saturated carbocycles. The average molecular weight is 445 g/mol. The number of rotatable bonds is 6. The molecular weight excluding hydrogens is 424 g/mol. The van der Waals surface area contributed by atoms with E-state index in [0.717, 1.165) is 4.88 Å². The van der Waals surface area contributed by atoms with E-state index in [9.17, 15) is 14.4 Å². The molecule has 0 aliphatic rings. The van der Waals surface area contributed by atoms with Gasteiger partial charge in [-0.2, -0.15) is 0 Å². The number of carbonyl (C=O) groups excluding carboxylic acids is 3. The van der Waals surface area contributed by atoms with Gasteiger partial charge in [0.05, 0.1) is 21.7 Å². The van der Waals surface area contributed by atoms with Gasteiger partial charge in [-0.15, -0.1) is 11.3 Å². The number of para-hydroxylation sites is 1. The fourth-order valence-corrected chi connectivity index (χ4v) is 3.89. The minimum atomic E-state index is -1.02. The van der Waals surface area contributed by atoms with Crippen LogP contribution in [-0.4, -0.2) is 28.7 Å². The van der Waals surface area contributed by atoms with E-state index in [1.165, 1.54) is 25.2 Å². The molecule has 1 atom stereocenters. The number of ketones is 1. The number of esters is 1. The molecule has 0 aliphatic carbocycles. The fraction of sp³-hybridized carbons (Fsp3) is 0.120. The highest BCUT2D eigenvalue weighted by molar-refractivity contribution is 7.13. The van der Waals surface area contributed by atoms with Gasteiger partial charge in [-0.3, -0.25) is 9.59 Å². The molecule has 32 heavy (non-hydrogen) atoms. The Bertz CT molecular complexity index is 1300. The average Bonchev–Trinajstić information content (AvgIpc) is 3.33. The van der Waals surface area contributed by atoms with Crippen molar-refractivity contribution in [3.05, 3.63) is 83.2 Å². The summed E-state index contributed by atoms with van der Waals surface area (Å²) in [6.45, 7) is 2.99. The van der Waals surface area contributed by atoms with Crippen molar-refractivity contribution in [2.24, 2.45) is 0 Å². The molecule has 0 fully saturated rings. The highest BCUT2D eigenvalue weighted by Gasteiger charge is 2.22. The lowest BCUT2D eigenvalue weighted by Crippen LogP contribution is -2.30. The van der Waals surface area contributed by atoms with E-state index < -0.39 is 18.0 Å². The first-order valence-electron chi connectivity index (χ1n) is 9.99. The number of nitrogens with one attached hydrogen (secondary N) is 1. The number of pyridine rings is 1. The summed E-state index contributed by atoms with van der Waals surface area (Å²) < 4.78 is 5.48. The zero-order valence-electron chi connectivity index (χ0n) is 17.5. The third-order valence-corrected chi connectivity index (χ3v) is 5.81. The predicted molar refractivity (Wildman–Crippen MR) is 125 cm³/mol. The van der Waals surface area contributed by atoms with E-state index in [0.29, 0.717) is 33.4 Å². The number of thiophene rings is 1. The lowest BCUT2D eigenvalue weighted by molar-refractivity contribution is -0.123. The molecule has 1 amide bonds. The highest BCUT2D eigenvalue weighted by Crippen LogP contribution is 2.28. The summed E-state index contributed by atoms with van der Waals surface area (Å²) in [6, 6.07) is 19.4. The zero-order valence-corrected chi connectivity index (χ0v) is 18.3. The summed E-state index contributed by atoms with van der Waals surface area (Å²) in [5.41, 5.74) is 2.76. The topological polar surface area (TPSA) is 85.4 Å². The van der Waals surface area contributed by atoms with Crippen molar-refractivity contribution >= 4 is 45.6 Å². The van der Waals surface area contributed by atoms with E-state index in [1.807, 2.05) is 35.7 Å². The van der Waals surface area contributed by atoms with Crippen LogP contribution >= 0.6 is 11.3 Å². The van der Waals surface area contributed by atoms with Gasteiger partial charge in [0.25, 0.3) is 5.91 Å². The maximum atomic E-state index is 13.0. The summed E-state index contributed by atoms with van der Waals surface area (Å²) in [4.78, 5) is 42.5. The second-order valence-corrected chi connectivity index (χ2v) is 8.17. The van der Waals surface area contributed by atoms with Gasteiger partial charge in [-0.25, -0.2) is 9.78 Å². The maximum Gasteiger partial charge on any atom is 0.339 e. The summed E-state index contributed by atoms with van der Waals surface area (Å²) >= 11 is 1.53. The number of amides is 1. The van der Waals surface area contributed by atoms with E-state index in [-0.39, 0.29) is 5.78 Å². The number of hydrogen-bond acceptors (Lipinski definition) is 6. The van der Waals surface area contributed by atoms with Crippen molar-refractivity contribution in [3.63, 3.8) is 0 Å². The Hall–Kier alpha value is -3.84. The van der Waals surface area contributed by atoms with E-state index >= 15 is 0 Å². The number of aromatic nitrogens is 1. The van der Waals surface area contributed by atoms with Crippen LogP contribution in [0.15, 0.2) is 72.1 Å². The summed E-state index contributed by atoms with van der Waals surface area (Å²) in [6.07, 6.45) is -1.02. The first-order chi connectivity index (χ1) is 15.4. The molecule has 0 unspecified atom stereocenters. The van der Waals surface area contributed by atoms with Crippen molar-refractivity contribution in [2.45, 2.75) is 20.0 Å². The van der Waals surface area contributed by atoms with Crippen LogP contribution in [0.1, 0.15) is 34.6 Å². The Morgan fingerprint density at radius 3 is 2.44 bits per heavy atom. The van der Waals surface area contributed by atoms with Crippen LogP contribution in [0.25, 0.3) is 21.5 Å². The molecule has 4 aromatic rings. The number of fused-ring (bicyclic) bond motifs is 1. The van der Waals surface area contributed by atoms with E-state index in [1.54, 1.807) is 36.4 Å². The normalized spacial score (nSPS) is 11.7. The smallest absolute Gasteiger partial charge is 0.339 e. The molecule has 0 radical (unpaired) electrons. The van der Waals surface area contributed by atoms with Crippen LogP contribution in [-0.2, 0) is 9.53 Å². The Labute approximate surface area is 188 Å². The molecular formula is C25H20N2O4S. The van der Waals surface area contributed by atoms with Crippen LogP contribution in [0.4, 0.5) is 5.69 Å². The zero-order chi connectivity index (χ0) is 22.7. The van der Waals surface area contributed by atoms with Crippen molar-refractivity contribution in [1.82, 2.24) is 4.98 Å². The Kier molecular flexibility index (Phi) is 6.09. The summed E-state index contributed by atoms with van der Waals surface area (Å²) in [5, 5.41) is 5.30. The number of benzene rings is 2. The minimum absolute atomic E-state index is 0.0586. The molecule has 0 saturated heterocycles. The SMILES string of the molecule is CC(=O)c1ccc(NC(=O)[C@H](C)OC(=O)c2cc(-c3cccs3)nc3ccccc23)cc1. The standard InChI is InChI=1S/C25H20N2O4S/c1-15(28)17-9-11-18(12-10-17)26-24(29)16(2)31-25(30)20-14-22(23-8-5-13-32-23)27-21-7-4-3-6-19(20)21/h3-14,16H,1-2H3,(H,26,29)/t16-/m0/s1. The molecule has 0 spiro atoms. The van der Waals surface area contributed by atoms with Gasteiger partial charge in [0.15, 0.2) is 11.9 Å². The number of hydrogen-bond donors (Lipinski definition) is 1. The van der Waals surface area contributed by atoms with Gasteiger partial charge in [0.2, 0.25) is 0 Å². The van der Waals surface area contributed by atoms with Crippen molar-refractivity contribution < 1.29 is 19.1 Å². The number of anilines is 1. The molecule has 7 heteroatoms. The quantitative estimate of drug-likeness (QED) is 0.320. The van der Waals surface area contributed by atoms with E-state index in [4.69, 9.17) is 4.74 Å². The molecule has 2 aromatic carbocycles. The largest absolute Gasteiger partial charge is 0.449 e. The number of carbonyl (C=O) groups is 3. The molecule has 4 rings (SSSR count). The summed E-state index contributed by atoms with van der Waals surface area (Å²) in [7, 11) is 0. The monoisotopic (exact) mass is 444 g/mol.